The molecule has 3 rings (SSSR count). The van der Waals surface area contributed by atoms with E-state index in [0.717, 1.165) is 17.9 Å². The molecule has 1 N–H and O–H groups in total. The van der Waals surface area contributed by atoms with E-state index in [0.29, 0.717) is 5.54 Å². The predicted molar refractivity (Wildman–Crippen MR) is 90.6 cm³/mol. The molecule has 0 aromatic heterocycles. The van der Waals surface area contributed by atoms with Gasteiger partial charge in [-0.25, -0.2) is 0 Å². The Morgan fingerprint density at radius 1 is 1.00 bits per heavy atom. The van der Waals surface area contributed by atoms with Crippen molar-refractivity contribution in [1.29, 1.82) is 0 Å². The monoisotopic (exact) mass is 292 g/mol. The Hall–Kier alpha value is -0.0800. The molecule has 0 bridgehead atoms. The van der Waals surface area contributed by atoms with E-state index >= 15 is 0 Å². The highest BCUT2D eigenvalue weighted by Crippen LogP contribution is 2.36. The minimum absolute atomic E-state index is 0.471. The summed E-state index contributed by atoms with van der Waals surface area (Å²) < 4.78 is 0. The molecule has 2 saturated carbocycles. The molecular weight excluding hydrogens is 256 g/mol. The second-order valence-electron chi connectivity index (χ2n) is 8.51. The zero-order valence-corrected chi connectivity index (χ0v) is 14.4. The number of rotatable bonds is 3. The lowest BCUT2D eigenvalue weighted by Gasteiger charge is -2.52. The Bertz CT molecular complexity index is 314. The van der Waals surface area contributed by atoms with Gasteiger partial charge in [0, 0.05) is 31.2 Å². The van der Waals surface area contributed by atoms with E-state index in [1.54, 1.807) is 0 Å². The molecule has 0 aromatic carbocycles. The first-order valence-corrected chi connectivity index (χ1v) is 9.68. The predicted octanol–water partition coefficient (Wildman–Crippen LogP) is 4.20. The Morgan fingerprint density at radius 2 is 1.67 bits per heavy atom. The fourth-order valence-corrected chi connectivity index (χ4v) is 5.23. The Labute approximate surface area is 132 Å². The lowest BCUT2D eigenvalue weighted by Crippen LogP contribution is -2.66. The van der Waals surface area contributed by atoms with E-state index in [9.17, 15) is 0 Å². The minimum Gasteiger partial charge on any atom is -0.308 e. The van der Waals surface area contributed by atoms with Crippen molar-refractivity contribution in [2.75, 3.05) is 19.6 Å². The normalized spacial score (nSPS) is 31.9. The van der Waals surface area contributed by atoms with E-state index in [4.69, 9.17) is 0 Å². The molecule has 0 radical (unpaired) electrons. The van der Waals surface area contributed by atoms with Crippen LogP contribution in [0.15, 0.2) is 0 Å². The van der Waals surface area contributed by atoms with Gasteiger partial charge in [0.05, 0.1) is 0 Å². The maximum Gasteiger partial charge on any atom is 0.0309 e. The van der Waals surface area contributed by atoms with Gasteiger partial charge >= 0.3 is 0 Å². The van der Waals surface area contributed by atoms with Gasteiger partial charge in [-0.2, -0.15) is 0 Å². The molecule has 1 saturated heterocycles. The quantitative estimate of drug-likeness (QED) is 0.838. The van der Waals surface area contributed by atoms with E-state index in [1.165, 1.54) is 83.8 Å². The summed E-state index contributed by atoms with van der Waals surface area (Å²) in [5, 5.41) is 4.04. The SMILES string of the molecule is CC(C)CN1CC2(CCCCC2)NCC1C1CCCCC1. The number of nitrogens with zero attached hydrogens (tertiary/aromatic N) is 1. The van der Waals surface area contributed by atoms with Gasteiger partial charge in [0.1, 0.15) is 0 Å². The van der Waals surface area contributed by atoms with Gasteiger partial charge in [0.2, 0.25) is 0 Å². The molecule has 0 amide bonds. The first-order chi connectivity index (χ1) is 10.2. The Balaban J connectivity index is 1.68. The summed E-state index contributed by atoms with van der Waals surface area (Å²) in [6.07, 6.45) is 14.6. The van der Waals surface area contributed by atoms with Crippen LogP contribution in [0, 0.1) is 11.8 Å². The van der Waals surface area contributed by atoms with Crippen LogP contribution < -0.4 is 5.32 Å². The summed E-state index contributed by atoms with van der Waals surface area (Å²) in [4.78, 5) is 2.91. The third-order valence-corrected chi connectivity index (χ3v) is 6.27. The average Bonchev–Trinajstić information content (AvgIpc) is 2.48. The highest BCUT2D eigenvalue weighted by molar-refractivity contribution is 5.01. The lowest BCUT2D eigenvalue weighted by atomic mass is 9.76. The summed E-state index contributed by atoms with van der Waals surface area (Å²) in [7, 11) is 0. The van der Waals surface area contributed by atoms with Gasteiger partial charge in [-0.15, -0.1) is 0 Å². The molecule has 3 aliphatic rings. The van der Waals surface area contributed by atoms with Gasteiger partial charge in [-0.05, 0) is 37.5 Å². The number of hydrogen-bond donors (Lipinski definition) is 1. The van der Waals surface area contributed by atoms with Crippen molar-refractivity contribution in [2.45, 2.75) is 89.6 Å². The fraction of sp³-hybridized carbons (Fsp3) is 1.00. The van der Waals surface area contributed by atoms with Crippen molar-refractivity contribution >= 4 is 0 Å². The molecule has 0 aromatic rings. The molecule has 1 aliphatic heterocycles. The Morgan fingerprint density at radius 3 is 2.33 bits per heavy atom. The highest BCUT2D eigenvalue weighted by atomic mass is 15.3. The third kappa shape index (κ3) is 3.82. The standard InChI is InChI=1S/C19H36N2/c1-16(2)14-21-15-19(11-7-4-8-12-19)20-13-18(21)17-9-5-3-6-10-17/h16-18,20H,3-15H2,1-2H3. The smallest absolute Gasteiger partial charge is 0.0309 e. The fourth-order valence-electron chi connectivity index (χ4n) is 5.23. The number of piperazine rings is 1. The largest absolute Gasteiger partial charge is 0.308 e. The zero-order valence-electron chi connectivity index (χ0n) is 14.4. The number of nitrogens with one attached hydrogen (secondary N) is 1. The van der Waals surface area contributed by atoms with Crippen LogP contribution in [-0.4, -0.2) is 36.1 Å². The van der Waals surface area contributed by atoms with Crippen molar-refractivity contribution in [3.05, 3.63) is 0 Å². The van der Waals surface area contributed by atoms with Crippen molar-refractivity contribution in [3.63, 3.8) is 0 Å². The van der Waals surface area contributed by atoms with Crippen molar-refractivity contribution in [1.82, 2.24) is 10.2 Å². The van der Waals surface area contributed by atoms with Crippen LogP contribution in [-0.2, 0) is 0 Å². The number of hydrogen-bond acceptors (Lipinski definition) is 2. The molecule has 1 atom stereocenters. The van der Waals surface area contributed by atoms with Gasteiger partial charge in [-0.3, -0.25) is 4.90 Å². The summed E-state index contributed by atoms with van der Waals surface area (Å²) in [5.74, 6) is 1.76. The molecule has 2 aliphatic carbocycles. The van der Waals surface area contributed by atoms with Crippen LogP contribution in [0.2, 0.25) is 0 Å². The Kier molecular flexibility index (Phi) is 5.27. The van der Waals surface area contributed by atoms with Crippen LogP contribution in [0.3, 0.4) is 0 Å². The van der Waals surface area contributed by atoms with Gasteiger partial charge < -0.3 is 5.32 Å². The van der Waals surface area contributed by atoms with Crippen LogP contribution >= 0.6 is 0 Å². The average molecular weight is 293 g/mol. The molecule has 122 valence electrons. The summed E-state index contributed by atoms with van der Waals surface area (Å²) in [5.41, 5.74) is 0.471. The second-order valence-corrected chi connectivity index (χ2v) is 8.51. The topological polar surface area (TPSA) is 15.3 Å². The summed E-state index contributed by atoms with van der Waals surface area (Å²) >= 11 is 0. The van der Waals surface area contributed by atoms with Crippen LogP contribution in [0.4, 0.5) is 0 Å². The van der Waals surface area contributed by atoms with E-state index in [-0.39, 0.29) is 0 Å². The zero-order chi connectivity index (χ0) is 14.7. The van der Waals surface area contributed by atoms with Gasteiger partial charge in [0.15, 0.2) is 0 Å². The van der Waals surface area contributed by atoms with E-state index in [2.05, 4.69) is 24.1 Å². The first-order valence-electron chi connectivity index (χ1n) is 9.68. The van der Waals surface area contributed by atoms with Gasteiger partial charge in [-0.1, -0.05) is 52.4 Å². The molecule has 3 fully saturated rings. The molecule has 1 heterocycles. The molecule has 2 heteroatoms. The molecule has 1 spiro atoms. The first kappa shape index (κ1) is 15.8. The molecule has 1 unspecified atom stereocenters. The van der Waals surface area contributed by atoms with Crippen LogP contribution in [0.5, 0.6) is 0 Å². The molecular formula is C19H36N2. The summed E-state index contributed by atoms with van der Waals surface area (Å²) in [6, 6.07) is 0.820. The van der Waals surface area contributed by atoms with Crippen LogP contribution in [0.25, 0.3) is 0 Å². The second kappa shape index (κ2) is 7.00. The highest BCUT2D eigenvalue weighted by Gasteiger charge is 2.42. The third-order valence-electron chi connectivity index (χ3n) is 6.27. The minimum atomic E-state index is 0.471. The molecule has 2 nitrogen and oxygen atoms in total. The van der Waals surface area contributed by atoms with E-state index in [1.807, 2.05) is 0 Å². The summed E-state index contributed by atoms with van der Waals surface area (Å²) in [6.45, 7) is 8.69. The van der Waals surface area contributed by atoms with Crippen molar-refractivity contribution in [2.24, 2.45) is 11.8 Å². The van der Waals surface area contributed by atoms with E-state index < -0.39 is 0 Å². The maximum absolute atomic E-state index is 4.04. The maximum atomic E-state index is 4.04. The lowest BCUT2D eigenvalue weighted by molar-refractivity contribution is 0.0141. The van der Waals surface area contributed by atoms with Crippen LogP contribution in [0.1, 0.15) is 78.1 Å². The molecule has 21 heavy (non-hydrogen) atoms. The van der Waals surface area contributed by atoms with Crippen molar-refractivity contribution in [3.8, 4) is 0 Å². The van der Waals surface area contributed by atoms with Crippen molar-refractivity contribution < 1.29 is 0 Å². The van der Waals surface area contributed by atoms with Gasteiger partial charge in [0.25, 0.3) is 0 Å².